The van der Waals surface area contributed by atoms with Crippen LogP contribution in [0.15, 0.2) is 22.0 Å². The van der Waals surface area contributed by atoms with Crippen molar-refractivity contribution < 1.29 is 73.2 Å². The van der Waals surface area contributed by atoms with E-state index >= 15 is 0 Å². The summed E-state index contributed by atoms with van der Waals surface area (Å²) in [6.45, 7) is 2.97. The average molecular weight is 1290 g/mol. The van der Waals surface area contributed by atoms with Gasteiger partial charge in [-0.2, -0.15) is 23.1 Å². The molecule has 2 aromatic rings. The molecule has 486 valence electrons. The van der Waals surface area contributed by atoms with Gasteiger partial charge in [0.25, 0.3) is 0 Å². The molecule has 8 atom stereocenters. The van der Waals surface area contributed by atoms with Gasteiger partial charge in [-0.05, 0) is 12.8 Å². The van der Waals surface area contributed by atoms with Crippen molar-refractivity contribution in [2.45, 2.75) is 248 Å². The number of carbonyl (C=O) groups excluding carboxylic acids is 1. The van der Waals surface area contributed by atoms with Crippen molar-refractivity contribution in [1.29, 1.82) is 0 Å². The zero-order valence-corrected chi connectivity index (χ0v) is 52.5. The van der Waals surface area contributed by atoms with Crippen LogP contribution < -0.4 is 33.9 Å². The van der Waals surface area contributed by atoms with Gasteiger partial charge in [0.05, 0.1) is 44.9 Å². The third-order valence-corrected chi connectivity index (χ3v) is 18.1. The van der Waals surface area contributed by atoms with Crippen LogP contribution in [-0.2, 0) is 41.5 Å². The molecule has 4 rings (SSSR count). The van der Waals surface area contributed by atoms with Gasteiger partial charge in [0.1, 0.15) is 23.3 Å². The number of carbonyl (C=O) groups is 1. The van der Waals surface area contributed by atoms with E-state index in [2.05, 4.69) is 23.8 Å². The number of thioether (sulfide) groups is 2. The molecule has 1 amide bonds. The van der Waals surface area contributed by atoms with Crippen LogP contribution in [0.5, 0.6) is 0 Å². The maximum atomic E-state index is 13.7. The second-order valence-corrected chi connectivity index (χ2v) is 26.6. The summed E-state index contributed by atoms with van der Waals surface area (Å²) in [4.78, 5) is 62.3. The third kappa shape index (κ3) is 33.0. The summed E-state index contributed by atoms with van der Waals surface area (Å²) in [5.74, 6) is -4.49. The number of nitrogens with zero attached hydrogens (tertiary/aromatic N) is 4. The number of nitrogens with one attached hydrogen (secondary N) is 1. The first-order valence-electron chi connectivity index (χ1n) is 30.0. The number of alkyl halides is 3. The van der Waals surface area contributed by atoms with Gasteiger partial charge in [0.15, 0.2) is 23.3 Å². The van der Waals surface area contributed by atoms with E-state index in [0.717, 1.165) is 78.2 Å². The Labute approximate surface area is 500 Å². The first kappa shape index (κ1) is 75.5. The van der Waals surface area contributed by atoms with Crippen molar-refractivity contribution in [3.05, 3.63) is 45.0 Å². The average Bonchev–Trinajstić information content (AvgIpc) is 3.63. The minimum atomic E-state index is -5.12. The summed E-state index contributed by atoms with van der Waals surface area (Å²) in [5, 5.41) is 1.83. The highest BCUT2D eigenvalue weighted by molar-refractivity contribution is 8.00. The molecule has 9 N–H and O–H groups in total. The zero-order chi connectivity index (χ0) is 61.8. The van der Waals surface area contributed by atoms with Crippen LogP contribution in [0, 0.1) is 11.6 Å². The van der Waals surface area contributed by atoms with Crippen molar-refractivity contribution in [2.24, 2.45) is 5.73 Å². The fourth-order valence-corrected chi connectivity index (χ4v) is 12.9. The second-order valence-electron chi connectivity index (χ2n) is 21.4. The molecule has 0 bridgehead atoms. The summed E-state index contributed by atoms with van der Waals surface area (Å²) < 4.78 is 124. The van der Waals surface area contributed by atoms with E-state index in [1.807, 2.05) is 5.32 Å². The normalized spacial score (nSPS) is 19.4. The number of ether oxygens (including phenoxy) is 2. The molecule has 0 spiro atoms. The van der Waals surface area contributed by atoms with Crippen LogP contribution in [0.4, 0.5) is 33.6 Å². The molecule has 30 heteroatoms. The van der Waals surface area contributed by atoms with E-state index in [1.165, 1.54) is 140 Å². The lowest BCUT2D eigenvalue weighted by Crippen LogP contribution is -2.45. The van der Waals surface area contributed by atoms with Gasteiger partial charge >= 0.3 is 39.1 Å². The first-order chi connectivity index (χ1) is 40.0. The van der Waals surface area contributed by atoms with Crippen LogP contribution in [0.1, 0.15) is 219 Å². The number of hydrogen-bond donors (Lipinski definition) is 6. The predicted octanol–water partition coefficient (Wildman–Crippen LogP) is 12.5. The van der Waals surface area contributed by atoms with E-state index in [9.17, 15) is 55.3 Å². The van der Waals surface area contributed by atoms with Crippen molar-refractivity contribution in [2.75, 3.05) is 49.4 Å². The number of phosphoric acid groups is 2. The maximum Gasteiger partial charge on any atom is 0.472 e. The highest BCUT2D eigenvalue weighted by atomic mass is 32.2. The fourth-order valence-electron chi connectivity index (χ4n) is 9.17. The Morgan fingerprint density at radius 3 is 1.31 bits per heavy atom. The van der Waals surface area contributed by atoms with Crippen LogP contribution >= 0.6 is 39.2 Å². The van der Waals surface area contributed by atoms with Gasteiger partial charge in [0, 0.05) is 17.5 Å². The monoisotopic (exact) mass is 1280 g/mol. The minimum absolute atomic E-state index is 0.0840. The maximum absolute atomic E-state index is 13.7. The van der Waals surface area contributed by atoms with Crippen LogP contribution in [0.3, 0.4) is 0 Å². The van der Waals surface area contributed by atoms with Gasteiger partial charge < -0.3 is 41.8 Å². The summed E-state index contributed by atoms with van der Waals surface area (Å²) >= 11 is 2.36. The summed E-state index contributed by atoms with van der Waals surface area (Å²) in [6.07, 6.45) is 29.2. The Balaban J connectivity index is 0.000000445. The van der Waals surface area contributed by atoms with Crippen molar-refractivity contribution in [3.63, 3.8) is 0 Å². The van der Waals surface area contributed by atoms with E-state index in [-0.39, 0.29) is 31.4 Å². The molecule has 84 heavy (non-hydrogen) atoms. The Hall–Kier alpha value is -2.72. The molecule has 2 aromatic heterocycles. The zero-order valence-electron chi connectivity index (χ0n) is 49.1. The molecular weight excluding hydrogens is 1190 g/mol. The second kappa shape index (κ2) is 42.3. The standard InChI is InChI=1S/C28H47F4N4O7PS.C26H48FN4O6PS/c1-2-3-4-5-6-7-8-9-10-11-12-13-14-15-16-21(34-26(37)28(30,31)32)18-41-44(39,40)42-19-24-43-23(20-45-24)36-17-22(29)25(33)35-27(36)38;1-2-3-4-5-6-7-8-9-10-11-12-13-14-15-16-21(28)18-35-38(33,34)36-19-24-37-23(20-39-24)31-17-22(27)25(29)30-26(31)32/h17,21,23-24H,2-16,18-20H2,1H3,(H,34,37)(H,39,40)(H2,33,35,38);17,21,23-24H,2-16,18-20,28H2,1H3,(H,33,34)(H2,29,30,32)/t2*21-,23?,24-/m11/s1. The van der Waals surface area contributed by atoms with Gasteiger partial charge in [-0.1, -0.05) is 194 Å². The predicted molar refractivity (Wildman–Crippen MR) is 318 cm³/mol. The topological polar surface area (TPSA) is 307 Å². The number of amides is 1. The largest absolute Gasteiger partial charge is 0.472 e. The SMILES string of the molecule is CCCCCCCCCCCCCCCC[C@@H](N)COP(=O)(O)OC[C@@H]1OC(n2cc(F)c(N)nc2=O)CS1.CCCCCCCCCCCCCCCC[C@H](COP(=O)(O)OC[C@@H]1OC(n2cc(F)c(N)nc2=O)CS1)NC(=O)C(F)(F)F. The smallest absolute Gasteiger partial charge is 0.381 e. The molecule has 4 unspecified atom stereocenters. The minimum Gasteiger partial charge on any atom is -0.381 e. The molecule has 0 aliphatic carbocycles. The van der Waals surface area contributed by atoms with E-state index in [4.69, 9.17) is 44.8 Å². The Kier molecular flexibility index (Phi) is 38.0. The van der Waals surface area contributed by atoms with E-state index in [1.54, 1.807) is 0 Å². The molecule has 0 aromatic carbocycles. The number of hydrogen-bond acceptors (Lipinski definition) is 18. The van der Waals surface area contributed by atoms with E-state index < -0.39 is 105 Å². The van der Waals surface area contributed by atoms with Crippen LogP contribution in [-0.4, -0.2) is 102 Å². The lowest BCUT2D eigenvalue weighted by Gasteiger charge is -2.21. The molecule has 2 fully saturated rings. The highest BCUT2D eigenvalue weighted by Gasteiger charge is 2.40. The molecule has 4 heterocycles. The Morgan fingerprint density at radius 2 is 0.952 bits per heavy atom. The van der Waals surface area contributed by atoms with Crippen molar-refractivity contribution in [3.8, 4) is 0 Å². The molecule has 2 saturated heterocycles. The van der Waals surface area contributed by atoms with Gasteiger partial charge in [-0.25, -0.2) is 27.5 Å². The van der Waals surface area contributed by atoms with Gasteiger partial charge in [0.2, 0.25) is 0 Å². The number of halogens is 5. The number of nitrogen functional groups attached to an aromatic ring is 2. The van der Waals surface area contributed by atoms with Gasteiger partial charge in [-0.15, -0.1) is 23.5 Å². The molecular formula is C54H95F5N8O13P2S2. The number of unbranched alkanes of at least 4 members (excludes halogenated alkanes) is 26. The lowest BCUT2D eigenvalue weighted by molar-refractivity contribution is -0.174. The number of anilines is 2. The van der Waals surface area contributed by atoms with Gasteiger partial charge in [-0.3, -0.25) is 32.0 Å². The van der Waals surface area contributed by atoms with Crippen molar-refractivity contribution >= 4 is 56.7 Å². The molecule has 2 aliphatic rings. The van der Waals surface area contributed by atoms with E-state index in [0.29, 0.717) is 18.6 Å². The lowest BCUT2D eigenvalue weighted by atomic mass is 10.0. The molecule has 21 nitrogen and oxygen atoms in total. The molecule has 0 radical (unpaired) electrons. The number of nitrogens with two attached hydrogens (primary N) is 3. The number of rotatable bonds is 45. The number of aromatic nitrogens is 4. The summed E-state index contributed by atoms with van der Waals surface area (Å²) in [5.41, 5.74) is 13.5. The van der Waals surface area contributed by atoms with Crippen molar-refractivity contribution in [1.82, 2.24) is 24.4 Å². The Bertz CT molecular complexity index is 2370. The summed E-state index contributed by atoms with van der Waals surface area (Å²) in [7, 11) is -9.07. The quantitative estimate of drug-likeness (QED) is 0.0204. The molecule has 0 saturated carbocycles. The summed E-state index contributed by atoms with van der Waals surface area (Å²) in [6, 6.07) is -1.52. The highest BCUT2D eigenvalue weighted by Crippen LogP contribution is 2.46. The third-order valence-electron chi connectivity index (χ3n) is 14.0. The van der Waals surface area contributed by atoms with Crippen LogP contribution in [0.25, 0.3) is 0 Å². The molecule has 2 aliphatic heterocycles. The Morgan fingerprint density at radius 1 is 0.619 bits per heavy atom. The fraction of sp³-hybridized carbons (Fsp3) is 0.833. The number of phosphoric ester groups is 2. The first-order valence-corrected chi connectivity index (χ1v) is 35.1. The van der Waals surface area contributed by atoms with Crippen LogP contribution in [0.2, 0.25) is 0 Å².